The Morgan fingerprint density at radius 3 is 2.67 bits per heavy atom. The largest absolute Gasteiger partial charge is 0.399 e. The molecule has 3 N–H and O–H groups in total. The molecule has 4 heteroatoms. The molecular formula is C14H13FN2O. The van der Waals surface area contributed by atoms with E-state index in [-0.39, 0.29) is 18.1 Å². The van der Waals surface area contributed by atoms with Crippen molar-refractivity contribution >= 4 is 17.3 Å². The number of hydrogen-bond acceptors (Lipinski definition) is 2. The molecule has 92 valence electrons. The van der Waals surface area contributed by atoms with Gasteiger partial charge in [-0.15, -0.1) is 0 Å². The first-order chi connectivity index (χ1) is 8.65. The van der Waals surface area contributed by atoms with Crippen molar-refractivity contribution < 1.29 is 9.18 Å². The summed E-state index contributed by atoms with van der Waals surface area (Å²) in [5.74, 6) is -0.647. The molecule has 0 spiro atoms. The Bertz CT molecular complexity index is 569. The number of nitrogens with one attached hydrogen (secondary N) is 1. The highest BCUT2D eigenvalue weighted by molar-refractivity contribution is 5.92. The fourth-order valence-electron chi connectivity index (χ4n) is 1.64. The highest BCUT2D eigenvalue weighted by atomic mass is 19.1. The summed E-state index contributed by atoms with van der Waals surface area (Å²) >= 11 is 0. The zero-order valence-electron chi connectivity index (χ0n) is 9.69. The Morgan fingerprint density at radius 2 is 1.94 bits per heavy atom. The smallest absolute Gasteiger partial charge is 0.228 e. The van der Waals surface area contributed by atoms with E-state index in [1.165, 1.54) is 6.07 Å². The second-order valence-corrected chi connectivity index (χ2v) is 3.94. The molecule has 0 aliphatic rings. The maximum atomic E-state index is 13.4. The van der Waals surface area contributed by atoms with E-state index in [1.54, 1.807) is 42.5 Å². The summed E-state index contributed by atoms with van der Waals surface area (Å²) in [5, 5.41) is 2.67. The summed E-state index contributed by atoms with van der Waals surface area (Å²) in [6.45, 7) is 0. The average molecular weight is 244 g/mol. The molecule has 0 saturated heterocycles. The van der Waals surface area contributed by atoms with Gasteiger partial charge in [-0.2, -0.15) is 0 Å². The second-order valence-electron chi connectivity index (χ2n) is 3.94. The zero-order chi connectivity index (χ0) is 13.0. The number of halogens is 1. The summed E-state index contributed by atoms with van der Waals surface area (Å²) in [6, 6.07) is 13.1. The molecule has 0 saturated carbocycles. The highest BCUT2D eigenvalue weighted by Gasteiger charge is 2.07. The van der Waals surface area contributed by atoms with Crippen LogP contribution < -0.4 is 11.1 Å². The van der Waals surface area contributed by atoms with Gasteiger partial charge in [0.15, 0.2) is 0 Å². The number of amides is 1. The van der Waals surface area contributed by atoms with E-state index in [9.17, 15) is 9.18 Å². The van der Waals surface area contributed by atoms with Gasteiger partial charge in [0.2, 0.25) is 5.91 Å². The maximum Gasteiger partial charge on any atom is 0.228 e. The van der Waals surface area contributed by atoms with Crippen LogP contribution in [0.5, 0.6) is 0 Å². The molecule has 3 nitrogen and oxygen atoms in total. The third-order valence-electron chi connectivity index (χ3n) is 2.48. The molecule has 0 aliphatic carbocycles. The second kappa shape index (κ2) is 5.31. The van der Waals surface area contributed by atoms with E-state index in [0.29, 0.717) is 16.9 Å². The van der Waals surface area contributed by atoms with Crippen LogP contribution in [0.15, 0.2) is 48.5 Å². The maximum absolute atomic E-state index is 13.4. The van der Waals surface area contributed by atoms with E-state index in [4.69, 9.17) is 5.73 Å². The Balaban J connectivity index is 2.03. The predicted octanol–water partition coefficient (Wildman–Crippen LogP) is 2.59. The zero-order valence-corrected chi connectivity index (χ0v) is 9.69. The Hall–Kier alpha value is -2.36. The standard InChI is InChI=1S/C14H13FN2O/c15-13-7-2-1-4-10(13)8-14(18)17-12-6-3-5-11(16)9-12/h1-7,9H,8,16H2,(H,17,18). The van der Waals surface area contributed by atoms with Gasteiger partial charge >= 0.3 is 0 Å². The Kier molecular flexibility index (Phi) is 3.57. The summed E-state index contributed by atoms with van der Waals surface area (Å²) in [6.07, 6.45) is 0.00146. The predicted molar refractivity (Wildman–Crippen MR) is 69.6 cm³/mol. The molecule has 2 aromatic carbocycles. The van der Waals surface area contributed by atoms with Gasteiger partial charge in [0.1, 0.15) is 5.82 Å². The monoisotopic (exact) mass is 244 g/mol. The van der Waals surface area contributed by atoms with Gasteiger partial charge in [0.05, 0.1) is 6.42 Å². The van der Waals surface area contributed by atoms with Crippen LogP contribution in [-0.4, -0.2) is 5.91 Å². The quantitative estimate of drug-likeness (QED) is 0.815. The Morgan fingerprint density at radius 1 is 1.17 bits per heavy atom. The van der Waals surface area contributed by atoms with Crippen molar-refractivity contribution in [1.29, 1.82) is 0 Å². The summed E-state index contributed by atoms with van der Waals surface area (Å²) in [5.41, 5.74) is 7.15. The van der Waals surface area contributed by atoms with E-state index < -0.39 is 0 Å². The van der Waals surface area contributed by atoms with Crippen LogP contribution in [0.3, 0.4) is 0 Å². The molecule has 1 amide bonds. The van der Waals surface area contributed by atoms with Crippen molar-refractivity contribution in [2.75, 3.05) is 11.1 Å². The van der Waals surface area contributed by atoms with Crippen molar-refractivity contribution in [3.8, 4) is 0 Å². The van der Waals surface area contributed by atoms with Gasteiger partial charge in [-0.1, -0.05) is 24.3 Å². The van der Waals surface area contributed by atoms with E-state index in [0.717, 1.165) is 0 Å². The van der Waals surface area contributed by atoms with Crippen molar-refractivity contribution in [2.24, 2.45) is 0 Å². The first-order valence-corrected chi connectivity index (χ1v) is 5.54. The summed E-state index contributed by atoms with van der Waals surface area (Å²) in [7, 11) is 0. The molecule has 18 heavy (non-hydrogen) atoms. The van der Waals surface area contributed by atoms with Crippen molar-refractivity contribution in [3.63, 3.8) is 0 Å². The molecule has 0 bridgehead atoms. The molecule has 0 unspecified atom stereocenters. The van der Waals surface area contributed by atoms with Crippen LogP contribution >= 0.6 is 0 Å². The van der Waals surface area contributed by atoms with Crippen molar-refractivity contribution in [2.45, 2.75) is 6.42 Å². The van der Waals surface area contributed by atoms with Gasteiger partial charge in [0.25, 0.3) is 0 Å². The molecule has 2 rings (SSSR count). The Labute approximate surface area is 104 Å². The van der Waals surface area contributed by atoms with Gasteiger partial charge < -0.3 is 11.1 Å². The minimum absolute atomic E-state index is 0.00146. The summed E-state index contributed by atoms with van der Waals surface area (Å²) in [4.78, 5) is 11.7. The molecule has 0 heterocycles. The van der Waals surface area contributed by atoms with Crippen LogP contribution in [0.1, 0.15) is 5.56 Å². The number of carbonyl (C=O) groups excluding carboxylic acids is 1. The lowest BCUT2D eigenvalue weighted by atomic mass is 10.1. The lowest BCUT2D eigenvalue weighted by molar-refractivity contribution is -0.115. The lowest BCUT2D eigenvalue weighted by Gasteiger charge is -2.06. The minimum Gasteiger partial charge on any atom is -0.399 e. The number of hydrogen-bond donors (Lipinski definition) is 2. The number of nitrogen functional groups attached to an aromatic ring is 1. The molecular weight excluding hydrogens is 231 g/mol. The molecule has 0 atom stereocenters. The minimum atomic E-state index is -0.375. The molecule has 0 aromatic heterocycles. The van der Waals surface area contributed by atoms with Gasteiger partial charge in [-0.25, -0.2) is 4.39 Å². The fourth-order valence-corrected chi connectivity index (χ4v) is 1.64. The SMILES string of the molecule is Nc1cccc(NC(=O)Cc2ccccc2F)c1. The average Bonchev–Trinajstić information content (AvgIpc) is 2.32. The van der Waals surface area contributed by atoms with Gasteiger partial charge in [0, 0.05) is 11.4 Å². The topological polar surface area (TPSA) is 55.1 Å². The third kappa shape index (κ3) is 3.07. The van der Waals surface area contributed by atoms with Crippen LogP contribution in [0.4, 0.5) is 15.8 Å². The normalized spacial score (nSPS) is 10.1. The van der Waals surface area contributed by atoms with Crippen LogP contribution in [0.2, 0.25) is 0 Å². The number of rotatable bonds is 3. The van der Waals surface area contributed by atoms with Crippen LogP contribution in [0.25, 0.3) is 0 Å². The first-order valence-electron chi connectivity index (χ1n) is 5.54. The van der Waals surface area contributed by atoms with Crippen molar-refractivity contribution in [3.05, 3.63) is 59.9 Å². The van der Waals surface area contributed by atoms with Gasteiger partial charge in [-0.05, 0) is 29.8 Å². The van der Waals surface area contributed by atoms with E-state index >= 15 is 0 Å². The molecule has 0 fully saturated rings. The number of nitrogens with two attached hydrogens (primary N) is 1. The van der Waals surface area contributed by atoms with Crippen LogP contribution in [-0.2, 0) is 11.2 Å². The number of carbonyl (C=O) groups is 1. The lowest BCUT2D eigenvalue weighted by Crippen LogP contribution is -2.15. The number of anilines is 2. The molecule has 0 aliphatic heterocycles. The van der Waals surface area contributed by atoms with Crippen LogP contribution in [0, 0.1) is 5.82 Å². The molecule has 2 aromatic rings. The fraction of sp³-hybridized carbons (Fsp3) is 0.0714. The number of benzene rings is 2. The third-order valence-corrected chi connectivity index (χ3v) is 2.48. The van der Waals surface area contributed by atoms with Crippen molar-refractivity contribution in [1.82, 2.24) is 0 Å². The summed E-state index contributed by atoms with van der Waals surface area (Å²) < 4.78 is 13.4. The highest BCUT2D eigenvalue weighted by Crippen LogP contribution is 2.13. The van der Waals surface area contributed by atoms with E-state index in [2.05, 4.69) is 5.32 Å². The van der Waals surface area contributed by atoms with Gasteiger partial charge in [-0.3, -0.25) is 4.79 Å². The first kappa shape index (κ1) is 12.1. The van der Waals surface area contributed by atoms with E-state index in [1.807, 2.05) is 0 Å². The molecule has 0 radical (unpaired) electrons.